The van der Waals surface area contributed by atoms with Crippen molar-refractivity contribution in [2.75, 3.05) is 13.2 Å². The Hall–Kier alpha value is -1.72. The van der Waals surface area contributed by atoms with Crippen molar-refractivity contribution in [2.45, 2.75) is 32.4 Å². The van der Waals surface area contributed by atoms with Crippen molar-refractivity contribution in [3.05, 3.63) is 46.0 Å². The third-order valence-corrected chi connectivity index (χ3v) is 3.95. The minimum absolute atomic E-state index is 0.0512. The van der Waals surface area contributed by atoms with Gasteiger partial charge in [0, 0.05) is 24.8 Å². The number of hydrogen-bond acceptors (Lipinski definition) is 4. The third kappa shape index (κ3) is 2.46. The van der Waals surface area contributed by atoms with E-state index in [1.807, 2.05) is 19.1 Å². The van der Waals surface area contributed by atoms with Gasteiger partial charge in [-0.15, -0.1) is 0 Å². The van der Waals surface area contributed by atoms with Crippen LogP contribution in [0.15, 0.2) is 29.2 Å². The zero-order chi connectivity index (χ0) is 14.1. The van der Waals surface area contributed by atoms with Gasteiger partial charge >= 0.3 is 0 Å². The molecule has 1 aliphatic heterocycles. The molecule has 1 N–H and O–H groups in total. The van der Waals surface area contributed by atoms with Gasteiger partial charge in [-0.2, -0.15) is 0 Å². The number of aromatic nitrogens is 2. The number of fused-ring (bicyclic) bond motifs is 1. The van der Waals surface area contributed by atoms with Crippen LogP contribution < -0.4 is 5.56 Å². The quantitative estimate of drug-likeness (QED) is 0.905. The molecular formula is C15H19N3O2. The largest absolute Gasteiger partial charge is 0.395 e. The molecule has 0 amide bonds. The highest BCUT2D eigenvalue weighted by Gasteiger charge is 2.24. The summed E-state index contributed by atoms with van der Waals surface area (Å²) in [6.07, 6.45) is 3.87. The molecule has 1 aliphatic rings. The highest BCUT2D eigenvalue weighted by atomic mass is 16.3. The molecule has 0 aliphatic carbocycles. The molecule has 0 bridgehead atoms. The molecule has 5 nitrogen and oxygen atoms in total. The van der Waals surface area contributed by atoms with E-state index in [0.717, 1.165) is 30.6 Å². The van der Waals surface area contributed by atoms with Crippen LogP contribution in [0.1, 0.15) is 24.1 Å². The van der Waals surface area contributed by atoms with Gasteiger partial charge in [-0.3, -0.25) is 14.1 Å². The van der Waals surface area contributed by atoms with Crippen molar-refractivity contribution in [2.24, 2.45) is 0 Å². The highest BCUT2D eigenvalue weighted by molar-refractivity contribution is 5.41. The molecule has 2 aromatic rings. The van der Waals surface area contributed by atoms with Crippen molar-refractivity contribution in [3.8, 4) is 0 Å². The summed E-state index contributed by atoms with van der Waals surface area (Å²) in [6, 6.07) is 5.61. The van der Waals surface area contributed by atoms with Crippen LogP contribution in [0.3, 0.4) is 0 Å². The number of aliphatic hydroxyl groups is 1. The standard InChI is InChI=1S/C15H19N3O2/c1-11-4-6-18-14(7-11)16-12(8-15(18)20)9-17-5-2-3-13(17)10-19/h4,6-8,13,19H,2-3,5,9-10H2,1H3/t13-/m1/s1. The van der Waals surface area contributed by atoms with Crippen LogP contribution in [0, 0.1) is 6.92 Å². The average molecular weight is 273 g/mol. The van der Waals surface area contributed by atoms with Crippen molar-refractivity contribution in [1.82, 2.24) is 14.3 Å². The summed E-state index contributed by atoms with van der Waals surface area (Å²) in [5.74, 6) is 0. The molecule has 3 heterocycles. The first kappa shape index (κ1) is 13.3. The molecule has 106 valence electrons. The first-order chi connectivity index (χ1) is 9.67. The molecular weight excluding hydrogens is 254 g/mol. The van der Waals surface area contributed by atoms with Crippen LogP contribution in [-0.2, 0) is 6.54 Å². The van der Waals surface area contributed by atoms with E-state index in [1.165, 1.54) is 0 Å². The average Bonchev–Trinajstić information content (AvgIpc) is 2.85. The van der Waals surface area contributed by atoms with E-state index in [-0.39, 0.29) is 18.2 Å². The molecule has 2 aromatic heterocycles. The van der Waals surface area contributed by atoms with Crippen molar-refractivity contribution >= 4 is 5.65 Å². The van der Waals surface area contributed by atoms with E-state index in [4.69, 9.17) is 0 Å². The third-order valence-electron chi connectivity index (χ3n) is 3.95. The Balaban J connectivity index is 1.94. The van der Waals surface area contributed by atoms with Crippen LogP contribution in [0.25, 0.3) is 5.65 Å². The fourth-order valence-electron chi connectivity index (χ4n) is 2.85. The highest BCUT2D eigenvalue weighted by Crippen LogP contribution is 2.18. The summed E-state index contributed by atoms with van der Waals surface area (Å²) in [7, 11) is 0. The molecule has 1 saturated heterocycles. The topological polar surface area (TPSA) is 57.8 Å². The summed E-state index contributed by atoms with van der Waals surface area (Å²) < 4.78 is 1.56. The number of hydrogen-bond donors (Lipinski definition) is 1. The first-order valence-corrected chi connectivity index (χ1v) is 7.01. The number of nitrogens with zero attached hydrogens (tertiary/aromatic N) is 3. The van der Waals surface area contributed by atoms with Crippen molar-refractivity contribution in [1.29, 1.82) is 0 Å². The van der Waals surface area contributed by atoms with E-state index in [9.17, 15) is 9.90 Å². The lowest BCUT2D eigenvalue weighted by molar-refractivity contribution is 0.152. The van der Waals surface area contributed by atoms with Gasteiger partial charge in [0.05, 0.1) is 12.3 Å². The van der Waals surface area contributed by atoms with E-state index < -0.39 is 0 Å². The predicted octanol–water partition coefficient (Wildman–Crippen LogP) is 0.960. The van der Waals surface area contributed by atoms with Gasteiger partial charge in [-0.05, 0) is 44.0 Å². The molecule has 0 saturated carbocycles. The minimum Gasteiger partial charge on any atom is -0.395 e. The summed E-state index contributed by atoms with van der Waals surface area (Å²) in [6.45, 7) is 3.75. The van der Waals surface area contributed by atoms with Crippen LogP contribution in [0.4, 0.5) is 0 Å². The van der Waals surface area contributed by atoms with Gasteiger partial charge < -0.3 is 5.11 Å². The van der Waals surface area contributed by atoms with Gasteiger partial charge in [0.2, 0.25) is 0 Å². The second-order valence-corrected chi connectivity index (χ2v) is 5.47. The molecule has 0 aromatic carbocycles. The number of pyridine rings is 1. The molecule has 20 heavy (non-hydrogen) atoms. The SMILES string of the molecule is Cc1ccn2c(=O)cc(CN3CCC[C@@H]3CO)nc2c1. The molecule has 1 atom stereocenters. The predicted molar refractivity (Wildman–Crippen MR) is 76.7 cm³/mol. The van der Waals surface area contributed by atoms with E-state index in [1.54, 1.807) is 16.7 Å². The number of likely N-dealkylation sites (tertiary alicyclic amines) is 1. The van der Waals surface area contributed by atoms with Crippen LogP contribution in [0.5, 0.6) is 0 Å². The fraction of sp³-hybridized carbons (Fsp3) is 0.467. The van der Waals surface area contributed by atoms with Gasteiger partial charge in [0.15, 0.2) is 0 Å². The van der Waals surface area contributed by atoms with Crippen molar-refractivity contribution in [3.63, 3.8) is 0 Å². The second-order valence-electron chi connectivity index (χ2n) is 5.47. The van der Waals surface area contributed by atoms with E-state index >= 15 is 0 Å². The first-order valence-electron chi connectivity index (χ1n) is 7.01. The van der Waals surface area contributed by atoms with Crippen LogP contribution >= 0.6 is 0 Å². The molecule has 0 radical (unpaired) electrons. The molecule has 0 spiro atoms. The van der Waals surface area contributed by atoms with Crippen LogP contribution in [-0.4, -0.2) is 38.6 Å². The smallest absolute Gasteiger partial charge is 0.258 e. The number of rotatable bonds is 3. The maximum Gasteiger partial charge on any atom is 0.258 e. The van der Waals surface area contributed by atoms with Crippen molar-refractivity contribution < 1.29 is 5.11 Å². The molecule has 1 fully saturated rings. The zero-order valence-electron chi connectivity index (χ0n) is 11.6. The van der Waals surface area contributed by atoms with Gasteiger partial charge in [-0.25, -0.2) is 4.98 Å². The Morgan fingerprint density at radius 1 is 1.45 bits per heavy atom. The maximum atomic E-state index is 12.1. The Morgan fingerprint density at radius 3 is 3.10 bits per heavy atom. The normalized spacial score (nSPS) is 19.8. The lowest BCUT2D eigenvalue weighted by Gasteiger charge is -2.22. The van der Waals surface area contributed by atoms with Crippen LogP contribution in [0.2, 0.25) is 0 Å². The maximum absolute atomic E-state index is 12.1. The molecule has 3 rings (SSSR count). The van der Waals surface area contributed by atoms with E-state index in [0.29, 0.717) is 12.2 Å². The summed E-state index contributed by atoms with van der Waals surface area (Å²) in [5.41, 5.74) is 2.50. The van der Waals surface area contributed by atoms with Gasteiger partial charge in [0.1, 0.15) is 5.65 Å². The minimum atomic E-state index is -0.0512. The monoisotopic (exact) mass is 273 g/mol. The lowest BCUT2D eigenvalue weighted by Crippen LogP contribution is -2.32. The molecule has 5 heteroatoms. The summed E-state index contributed by atoms with van der Waals surface area (Å²) >= 11 is 0. The fourth-order valence-corrected chi connectivity index (χ4v) is 2.85. The summed E-state index contributed by atoms with van der Waals surface area (Å²) in [4.78, 5) is 18.9. The Morgan fingerprint density at radius 2 is 2.30 bits per heavy atom. The summed E-state index contributed by atoms with van der Waals surface area (Å²) in [5, 5.41) is 9.35. The lowest BCUT2D eigenvalue weighted by atomic mass is 10.2. The second kappa shape index (κ2) is 5.34. The van der Waals surface area contributed by atoms with Gasteiger partial charge in [0.25, 0.3) is 5.56 Å². The zero-order valence-corrected chi connectivity index (χ0v) is 11.6. The Kier molecular flexibility index (Phi) is 3.54. The van der Waals surface area contributed by atoms with Gasteiger partial charge in [-0.1, -0.05) is 0 Å². The number of aliphatic hydroxyl groups excluding tert-OH is 1. The van der Waals surface area contributed by atoms with E-state index in [2.05, 4.69) is 9.88 Å². The Bertz CT molecular complexity index is 680. The number of aryl methyl sites for hydroxylation is 1. The molecule has 0 unspecified atom stereocenters. The Labute approximate surface area is 117 Å².